The molecule has 1 aromatic rings. The normalized spacial score (nSPS) is 17.4. The molecular weight excluding hydrogens is 419 g/mol. The lowest BCUT2D eigenvalue weighted by molar-refractivity contribution is 0.0956. The van der Waals surface area contributed by atoms with Gasteiger partial charge in [-0.3, -0.25) is 4.79 Å². The standard InChI is InChI=1S/C17H26N4O2.HI/c1-3-18-16(23)14-7-5-13(6-8-14)11-20-17(19-4-2)21-10-9-15(22)12-21;/h5-8,15,22H,3-4,9-12H2,1-2H3,(H,18,23)(H,19,20);1H/t15-;/m1./s1. The maximum absolute atomic E-state index is 11.7. The Labute approximate surface area is 160 Å². The maximum Gasteiger partial charge on any atom is 0.251 e. The van der Waals surface area contributed by atoms with Crippen molar-refractivity contribution in [1.29, 1.82) is 0 Å². The molecule has 0 aromatic heterocycles. The van der Waals surface area contributed by atoms with E-state index in [0.29, 0.717) is 25.2 Å². The third-order valence-corrected chi connectivity index (χ3v) is 3.76. The quantitative estimate of drug-likeness (QED) is 0.365. The monoisotopic (exact) mass is 446 g/mol. The fourth-order valence-electron chi connectivity index (χ4n) is 2.55. The molecule has 1 aromatic carbocycles. The Hall–Kier alpha value is -1.35. The van der Waals surface area contributed by atoms with Gasteiger partial charge < -0.3 is 20.6 Å². The van der Waals surface area contributed by atoms with Gasteiger partial charge in [0, 0.05) is 31.7 Å². The number of aliphatic hydroxyl groups excluding tert-OH is 1. The van der Waals surface area contributed by atoms with Crippen molar-refractivity contribution in [1.82, 2.24) is 15.5 Å². The summed E-state index contributed by atoms with van der Waals surface area (Å²) in [5.74, 6) is 0.777. The molecule has 2 rings (SSSR count). The summed E-state index contributed by atoms with van der Waals surface area (Å²) in [5, 5.41) is 15.7. The van der Waals surface area contributed by atoms with E-state index in [2.05, 4.69) is 20.5 Å². The number of hydrogen-bond acceptors (Lipinski definition) is 3. The number of rotatable bonds is 5. The van der Waals surface area contributed by atoms with E-state index in [4.69, 9.17) is 0 Å². The van der Waals surface area contributed by atoms with Crippen molar-refractivity contribution in [2.24, 2.45) is 4.99 Å². The highest BCUT2D eigenvalue weighted by Gasteiger charge is 2.22. The molecule has 134 valence electrons. The molecule has 0 radical (unpaired) electrons. The van der Waals surface area contributed by atoms with Crippen LogP contribution < -0.4 is 10.6 Å². The Morgan fingerprint density at radius 1 is 1.25 bits per heavy atom. The Morgan fingerprint density at radius 3 is 2.46 bits per heavy atom. The van der Waals surface area contributed by atoms with E-state index in [9.17, 15) is 9.90 Å². The molecule has 0 saturated carbocycles. The highest BCUT2D eigenvalue weighted by Crippen LogP contribution is 2.10. The second-order valence-corrected chi connectivity index (χ2v) is 5.62. The van der Waals surface area contributed by atoms with Crippen molar-refractivity contribution in [3.63, 3.8) is 0 Å². The third kappa shape index (κ3) is 5.94. The number of benzene rings is 1. The van der Waals surface area contributed by atoms with E-state index >= 15 is 0 Å². The van der Waals surface area contributed by atoms with E-state index < -0.39 is 0 Å². The molecule has 1 heterocycles. The van der Waals surface area contributed by atoms with Crippen LogP contribution >= 0.6 is 24.0 Å². The van der Waals surface area contributed by atoms with Crippen molar-refractivity contribution < 1.29 is 9.90 Å². The molecule has 0 spiro atoms. The van der Waals surface area contributed by atoms with Crippen LogP contribution in [0.5, 0.6) is 0 Å². The summed E-state index contributed by atoms with van der Waals surface area (Å²) in [7, 11) is 0. The number of nitrogens with zero attached hydrogens (tertiary/aromatic N) is 2. The lowest BCUT2D eigenvalue weighted by Gasteiger charge is -2.20. The first-order valence-electron chi connectivity index (χ1n) is 8.22. The van der Waals surface area contributed by atoms with Gasteiger partial charge in [-0.2, -0.15) is 0 Å². The Morgan fingerprint density at radius 2 is 1.92 bits per heavy atom. The fourth-order valence-corrected chi connectivity index (χ4v) is 2.55. The molecule has 1 atom stereocenters. The number of amides is 1. The van der Waals surface area contributed by atoms with E-state index in [1.54, 1.807) is 0 Å². The number of halogens is 1. The van der Waals surface area contributed by atoms with Gasteiger partial charge in [-0.1, -0.05) is 12.1 Å². The Kier molecular flexibility index (Phi) is 9.05. The van der Waals surface area contributed by atoms with Gasteiger partial charge in [0.1, 0.15) is 0 Å². The van der Waals surface area contributed by atoms with Crippen LogP contribution in [0.25, 0.3) is 0 Å². The largest absolute Gasteiger partial charge is 0.391 e. The minimum Gasteiger partial charge on any atom is -0.391 e. The van der Waals surface area contributed by atoms with Gasteiger partial charge in [-0.05, 0) is 38.0 Å². The highest BCUT2D eigenvalue weighted by atomic mass is 127. The molecule has 1 amide bonds. The second-order valence-electron chi connectivity index (χ2n) is 5.62. The zero-order valence-electron chi connectivity index (χ0n) is 14.3. The average Bonchev–Trinajstić information content (AvgIpc) is 2.98. The summed E-state index contributed by atoms with van der Waals surface area (Å²) in [4.78, 5) is 18.4. The Balaban J connectivity index is 0.00000288. The summed E-state index contributed by atoms with van der Waals surface area (Å²) in [6.45, 7) is 7.34. The average molecular weight is 446 g/mol. The number of aliphatic hydroxyl groups is 1. The number of β-amino-alcohol motifs (C(OH)–C–C–N with tert-alkyl or cyclic N) is 1. The molecule has 7 heteroatoms. The second kappa shape index (κ2) is 10.5. The van der Waals surface area contributed by atoms with Gasteiger partial charge in [-0.25, -0.2) is 4.99 Å². The van der Waals surface area contributed by atoms with Gasteiger partial charge in [0.05, 0.1) is 12.6 Å². The molecule has 1 saturated heterocycles. The van der Waals surface area contributed by atoms with Crippen molar-refractivity contribution >= 4 is 35.8 Å². The molecule has 1 fully saturated rings. The number of carbonyl (C=O) groups excluding carboxylic acids is 1. The molecule has 0 unspecified atom stereocenters. The number of likely N-dealkylation sites (tertiary alicyclic amines) is 1. The topological polar surface area (TPSA) is 77.0 Å². The van der Waals surface area contributed by atoms with Crippen molar-refractivity contribution in [3.05, 3.63) is 35.4 Å². The smallest absolute Gasteiger partial charge is 0.251 e. The van der Waals surface area contributed by atoms with Gasteiger partial charge in [-0.15, -0.1) is 24.0 Å². The van der Waals surface area contributed by atoms with Crippen molar-refractivity contribution in [3.8, 4) is 0 Å². The van der Waals surface area contributed by atoms with Crippen molar-refractivity contribution in [2.75, 3.05) is 26.2 Å². The molecule has 0 bridgehead atoms. The third-order valence-electron chi connectivity index (χ3n) is 3.76. The predicted molar refractivity (Wildman–Crippen MR) is 107 cm³/mol. The molecule has 24 heavy (non-hydrogen) atoms. The highest BCUT2D eigenvalue weighted by molar-refractivity contribution is 14.0. The van der Waals surface area contributed by atoms with Gasteiger partial charge in [0.25, 0.3) is 5.91 Å². The summed E-state index contributed by atoms with van der Waals surface area (Å²) >= 11 is 0. The summed E-state index contributed by atoms with van der Waals surface area (Å²) in [6, 6.07) is 7.50. The molecule has 1 aliphatic rings. The molecular formula is C17H27IN4O2. The van der Waals surface area contributed by atoms with Crippen LogP contribution in [0.3, 0.4) is 0 Å². The molecule has 6 nitrogen and oxygen atoms in total. The lowest BCUT2D eigenvalue weighted by atomic mass is 10.1. The van der Waals surface area contributed by atoms with Crippen LogP contribution in [0.15, 0.2) is 29.3 Å². The minimum absolute atomic E-state index is 0. The first-order valence-corrected chi connectivity index (χ1v) is 8.22. The van der Waals surface area contributed by atoms with Gasteiger partial charge in [0.15, 0.2) is 5.96 Å². The van der Waals surface area contributed by atoms with Crippen molar-refractivity contribution in [2.45, 2.75) is 32.9 Å². The molecule has 0 aliphatic carbocycles. The summed E-state index contributed by atoms with van der Waals surface area (Å²) < 4.78 is 0. The first kappa shape index (κ1) is 20.7. The summed E-state index contributed by atoms with van der Waals surface area (Å²) in [5.41, 5.74) is 1.71. The van der Waals surface area contributed by atoms with E-state index in [1.165, 1.54) is 0 Å². The zero-order valence-corrected chi connectivity index (χ0v) is 16.6. The van der Waals surface area contributed by atoms with E-state index in [0.717, 1.165) is 31.0 Å². The van der Waals surface area contributed by atoms with Crippen LogP contribution in [0.4, 0.5) is 0 Å². The summed E-state index contributed by atoms with van der Waals surface area (Å²) in [6.07, 6.45) is 0.515. The number of nitrogens with one attached hydrogen (secondary N) is 2. The van der Waals surface area contributed by atoms with Crippen LogP contribution in [-0.4, -0.2) is 54.2 Å². The number of aliphatic imine (C=N–C) groups is 1. The van der Waals surface area contributed by atoms with Gasteiger partial charge in [0.2, 0.25) is 0 Å². The Bertz CT molecular complexity index is 548. The van der Waals surface area contributed by atoms with Crippen LogP contribution in [0, 0.1) is 0 Å². The molecule has 3 N–H and O–H groups in total. The fraction of sp³-hybridized carbons (Fsp3) is 0.529. The lowest BCUT2D eigenvalue weighted by Crippen LogP contribution is -2.40. The maximum atomic E-state index is 11.7. The molecule has 1 aliphatic heterocycles. The van der Waals surface area contributed by atoms with E-state index in [1.807, 2.05) is 38.1 Å². The number of hydrogen-bond donors (Lipinski definition) is 3. The predicted octanol–water partition coefficient (Wildman–Crippen LogP) is 1.59. The number of guanidine groups is 1. The van der Waals surface area contributed by atoms with Crippen LogP contribution in [0.2, 0.25) is 0 Å². The first-order chi connectivity index (χ1) is 11.1. The van der Waals surface area contributed by atoms with Gasteiger partial charge >= 0.3 is 0 Å². The SMILES string of the molecule is CCNC(=O)c1ccc(CN=C(NCC)N2CC[C@@H](O)C2)cc1.I. The van der Waals surface area contributed by atoms with Crippen LogP contribution in [0.1, 0.15) is 36.2 Å². The minimum atomic E-state index is -0.268. The number of carbonyl (C=O) groups is 1. The zero-order chi connectivity index (χ0) is 16.7. The van der Waals surface area contributed by atoms with Crippen LogP contribution in [-0.2, 0) is 6.54 Å². The van der Waals surface area contributed by atoms with E-state index in [-0.39, 0.29) is 36.0 Å².